The van der Waals surface area contributed by atoms with E-state index in [-0.39, 0.29) is 17.5 Å². The van der Waals surface area contributed by atoms with E-state index in [1.54, 1.807) is 6.92 Å². The van der Waals surface area contributed by atoms with Crippen LogP contribution in [0.15, 0.2) is 41.3 Å². The van der Waals surface area contributed by atoms with Crippen LogP contribution >= 0.6 is 11.8 Å². The molecule has 0 unspecified atom stereocenters. The van der Waals surface area contributed by atoms with Crippen LogP contribution in [0, 0.1) is 13.8 Å². The van der Waals surface area contributed by atoms with Gasteiger partial charge in [-0.3, -0.25) is 9.59 Å². The molecule has 26 heavy (non-hydrogen) atoms. The Bertz CT molecular complexity index is 841. The molecule has 1 aliphatic rings. The predicted molar refractivity (Wildman–Crippen MR) is 105 cm³/mol. The fourth-order valence-electron chi connectivity index (χ4n) is 3.19. The summed E-state index contributed by atoms with van der Waals surface area (Å²) < 4.78 is 5.35. The van der Waals surface area contributed by atoms with Crippen molar-refractivity contribution in [3.05, 3.63) is 64.2 Å². The van der Waals surface area contributed by atoms with Crippen LogP contribution in [-0.4, -0.2) is 23.6 Å². The van der Waals surface area contributed by atoms with Crippen LogP contribution in [0.25, 0.3) is 0 Å². The number of hydrogen-bond acceptors (Lipinski definition) is 4. The zero-order valence-electron chi connectivity index (χ0n) is 15.5. The normalized spacial score (nSPS) is 14.0. The Hall–Kier alpha value is -2.07. The number of carbonyl (C=O) groups excluding carboxylic acids is 2. The lowest BCUT2D eigenvalue weighted by molar-refractivity contribution is -0.143. The number of fused-ring (bicyclic) bond motifs is 1. The minimum absolute atomic E-state index is 0.135. The van der Waals surface area contributed by atoms with Gasteiger partial charge in [0.2, 0.25) is 5.78 Å². The highest BCUT2D eigenvalue weighted by Gasteiger charge is 2.21. The molecular formula is C22H24O3S. The van der Waals surface area contributed by atoms with Crippen molar-refractivity contribution in [2.24, 2.45) is 0 Å². The summed E-state index contributed by atoms with van der Waals surface area (Å²) in [5, 5.41) is 0. The van der Waals surface area contributed by atoms with E-state index in [0.717, 1.165) is 24.2 Å². The molecule has 0 aromatic heterocycles. The first-order chi connectivity index (χ1) is 12.4. The first kappa shape index (κ1) is 18.7. The van der Waals surface area contributed by atoms with Gasteiger partial charge in [-0.25, -0.2) is 0 Å². The van der Waals surface area contributed by atoms with Crippen molar-refractivity contribution in [2.45, 2.75) is 51.0 Å². The highest BCUT2D eigenvalue weighted by atomic mass is 32.2. The van der Waals surface area contributed by atoms with E-state index in [2.05, 4.69) is 19.9 Å². The van der Waals surface area contributed by atoms with Crippen molar-refractivity contribution in [1.29, 1.82) is 0 Å². The zero-order chi connectivity index (χ0) is 18.7. The molecule has 0 aliphatic heterocycles. The molecular weight excluding hydrogens is 344 g/mol. The Labute approximate surface area is 159 Å². The number of hydrogen-bond donors (Lipinski definition) is 0. The van der Waals surface area contributed by atoms with Crippen LogP contribution in [0.4, 0.5) is 0 Å². The Morgan fingerprint density at radius 3 is 2.58 bits per heavy atom. The minimum Gasteiger partial charge on any atom is -0.454 e. The summed E-state index contributed by atoms with van der Waals surface area (Å²) in [5.41, 5.74) is 5.64. The first-order valence-corrected chi connectivity index (χ1v) is 9.98. The number of ketones is 1. The van der Waals surface area contributed by atoms with Gasteiger partial charge in [0.25, 0.3) is 0 Å². The monoisotopic (exact) mass is 368 g/mol. The molecule has 0 heterocycles. The van der Waals surface area contributed by atoms with Crippen LogP contribution < -0.4 is 0 Å². The minimum atomic E-state index is -0.762. The molecule has 0 radical (unpaired) electrons. The lowest BCUT2D eigenvalue weighted by atomic mass is 10.0. The van der Waals surface area contributed by atoms with Gasteiger partial charge in [-0.2, -0.15) is 0 Å². The van der Waals surface area contributed by atoms with Gasteiger partial charge in [-0.05, 0) is 80.5 Å². The van der Waals surface area contributed by atoms with Crippen LogP contribution in [0.1, 0.15) is 46.0 Å². The summed E-state index contributed by atoms with van der Waals surface area (Å²) >= 11 is 1.43. The van der Waals surface area contributed by atoms with Crippen molar-refractivity contribution in [3.63, 3.8) is 0 Å². The van der Waals surface area contributed by atoms with Crippen molar-refractivity contribution in [2.75, 3.05) is 5.75 Å². The van der Waals surface area contributed by atoms with Crippen LogP contribution in [-0.2, 0) is 22.4 Å². The average Bonchev–Trinajstić information content (AvgIpc) is 3.09. The third kappa shape index (κ3) is 4.36. The van der Waals surface area contributed by atoms with E-state index >= 15 is 0 Å². The highest BCUT2D eigenvalue weighted by Crippen LogP contribution is 2.24. The number of carbonyl (C=O) groups is 2. The molecule has 3 nitrogen and oxygen atoms in total. The van der Waals surface area contributed by atoms with E-state index in [1.807, 2.05) is 30.3 Å². The lowest BCUT2D eigenvalue weighted by Crippen LogP contribution is -2.25. The molecule has 4 heteroatoms. The van der Waals surface area contributed by atoms with Gasteiger partial charge >= 0.3 is 5.97 Å². The van der Waals surface area contributed by atoms with Gasteiger partial charge < -0.3 is 4.74 Å². The smallest absolute Gasteiger partial charge is 0.316 e. The zero-order valence-corrected chi connectivity index (χ0v) is 16.3. The van der Waals surface area contributed by atoms with Crippen molar-refractivity contribution in [3.8, 4) is 0 Å². The Kier molecular flexibility index (Phi) is 5.82. The average molecular weight is 368 g/mol. The molecule has 3 rings (SSSR count). The Morgan fingerprint density at radius 1 is 1.04 bits per heavy atom. The summed E-state index contributed by atoms with van der Waals surface area (Å²) in [6.07, 6.45) is 2.50. The standard InChI is InChI=1S/C22H24O3S/c1-14-7-10-20(11-15(14)2)26-13-21(23)25-16(3)22(24)19-9-8-17-5-4-6-18(17)12-19/h7-12,16H,4-6,13H2,1-3H3/t16-/m1/s1. The molecule has 2 aromatic rings. The fourth-order valence-corrected chi connectivity index (χ4v) is 3.97. The van der Waals surface area contributed by atoms with Crippen LogP contribution in [0.2, 0.25) is 0 Å². The number of esters is 1. The second-order valence-corrected chi connectivity index (χ2v) is 7.92. The van der Waals surface area contributed by atoms with Gasteiger partial charge in [-0.1, -0.05) is 18.2 Å². The maximum atomic E-state index is 12.6. The van der Waals surface area contributed by atoms with Gasteiger partial charge in [0.1, 0.15) is 0 Å². The quantitative estimate of drug-likeness (QED) is 0.421. The summed E-state index contributed by atoms with van der Waals surface area (Å²) in [6.45, 7) is 5.76. The lowest BCUT2D eigenvalue weighted by Gasteiger charge is -2.13. The van der Waals surface area contributed by atoms with Crippen molar-refractivity contribution < 1.29 is 14.3 Å². The van der Waals surface area contributed by atoms with E-state index < -0.39 is 6.10 Å². The summed E-state index contributed by atoms with van der Waals surface area (Å²) in [4.78, 5) is 25.7. The summed E-state index contributed by atoms with van der Waals surface area (Å²) in [6, 6.07) is 11.9. The fraction of sp³-hybridized carbons (Fsp3) is 0.364. The molecule has 0 bridgehead atoms. The molecule has 0 spiro atoms. The van der Waals surface area contributed by atoms with E-state index in [1.165, 1.54) is 34.0 Å². The largest absolute Gasteiger partial charge is 0.454 e. The Balaban J connectivity index is 1.55. The maximum Gasteiger partial charge on any atom is 0.316 e. The molecule has 136 valence electrons. The number of aryl methyl sites for hydroxylation is 4. The van der Waals surface area contributed by atoms with E-state index in [0.29, 0.717) is 5.56 Å². The molecule has 0 N–H and O–H groups in total. The number of rotatable bonds is 6. The second kappa shape index (κ2) is 8.09. The van der Waals surface area contributed by atoms with E-state index in [9.17, 15) is 9.59 Å². The van der Waals surface area contributed by atoms with Gasteiger partial charge in [0.05, 0.1) is 5.75 Å². The topological polar surface area (TPSA) is 43.4 Å². The maximum absolute atomic E-state index is 12.6. The summed E-state index contributed by atoms with van der Waals surface area (Å²) in [5.74, 6) is -0.302. The number of thioether (sulfide) groups is 1. The van der Waals surface area contributed by atoms with Crippen LogP contribution in [0.3, 0.4) is 0 Å². The number of ether oxygens (including phenoxy) is 1. The third-order valence-electron chi connectivity index (χ3n) is 4.90. The van der Waals surface area contributed by atoms with Gasteiger partial charge in [-0.15, -0.1) is 11.8 Å². The van der Waals surface area contributed by atoms with Crippen molar-refractivity contribution in [1.82, 2.24) is 0 Å². The Morgan fingerprint density at radius 2 is 1.81 bits per heavy atom. The van der Waals surface area contributed by atoms with E-state index in [4.69, 9.17) is 4.74 Å². The number of Topliss-reactive ketones (excluding diaryl/α,β-unsaturated/α-hetero) is 1. The molecule has 0 saturated heterocycles. The first-order valence-electron chi connectivity index (χ1n) is 8.99. The molecule has 0 amide bonds. The van der Waals surface area contributed by atoms with Crippen LogP contribution in [0.5, 0.6) is 0 Å². The van der Waals surface area contributed by atoms with Crippen molar-refractivity contribution >= 4 is 23.5 Å². The highest BCUT2D eigenvalue weighted by molar-refractivity contribution is 8.00. The predicted octanol–water partition coefficient (Wildman–Crippen LogP) is 4.70. The molecule has 1 aliphatic carbocycles. The molecule has 0 saturated carbocycles. The second-order valence-electron chi connectivity index (χ2n) is 6.87. The molecule has 0 fully saturated rings. The number of benzene rings is 2. The van der Waals surface area contributed by atoms with Gasteiger partial charge in [0, 0.05) is 10.5 Å². The third-order valence-corrected chi connectivity index (χ3v) is 5.86. The van der Waals surface area contributed by atoms with Gasteiger partial charge in [0.15, 0.2) is 6.10 Å². The summed E-state index contributed by atoms with van der Waals surface area (Å²) in [7, 11) is 0. The molecule has 2 aromatic carbocycles. The SMILES string of the molecule is Cc1ccc(SCC(=O)O[C@H](C)C(=O)c2ccc3c(c2)CCC3)cc1C. The molecule has 1 atom stereocenters.